The SMILES string of the molecule is C=C1CNC(C)(C)/C1=N/N(C)C(=C)/C(=C\C)CC. The zero-order chi connectivity index (χ0) is 13.9. The molecule has 3 nitrogen and oxygen atoms in total. The lowest BCUT2D eigenvalue weighted by Gasteiger charge is -2.24. The summed E-state index contributed by atoms with van der Waals surface area (Å²) in [5.41, 5.74) is 4.11. The van der Waals surface area contributed by atoms with Gasteiger partial charge in [-0.1, -0.05) is 26.2 Å². The largest absolute Gasteiger partial charge is 0.302 e. The topological polar surface area (TPSA) is 27.6 Å². The number of nitrogens with one attached hydrogen (secondary N) is 1. The van der Waals surface area contributed by atoms with Gasteiger partial charge in [-0.2, -0.15) is 5.10 Å². The summed E-state index contributed by atoms with van der Waals surface area (Å²) in [6.07, 6.45) is 3.05. The Morgan fingerprint density at radius 2 is 2.17 bits per heavy atom. The van der Waals surface area contributed by atoms with Crippen LogP contribution in [0, 0.1) is 0 Å². The zero-order valence-electron chi connectivity index (χ0n) is 12.3. The third-order valence-corrected chi connectivity index (χ3v) is 3.41. The third kappa shape index (κ3) is 2.91. The number of nitrogens with zero attached hydrogens (tertiary/aromatic N) is 2. The molecule has 0 aromatic heterocycles. The standard InChI is InChI=1S/C15H25N3/c1-8-13(9-2)12(4)18(7)17-14-11(3)10-16-15(14,5)6/h8,16H,3-4,9-10H2,1-2,5-7H3/b13-8-,17-14+. The first-order valence-electron chi connectivity index (χ1n) is 6.44. The fraction of sp³-hybridized carbons (Fsp3) is 0.533. The highest BCUT2D eigenvalue weighted by Crippen LogP contribution is 2.22. The predicted octanol–water partition coefficient (Wildman–Crippen LogP) is 3.08. The van der Waals surface area contributed by atoms with E-state index in [2.05, 4.69) is 50.4 Å². The minimum atomic E-state index is -0.117. The van der Waals surface area contributed by atoms with Crippen LogP contribution in [0.15, 0.2) is 41.2 Å². The zero-order valence-corrected chi connectivity index (χ0v) is 12.3. The number of rotatable bonds is 4. The van der Waals surface area contributed by atoms with Crippen LogP contribution in [0.1, 0.15) is 34.1 Å². The van der Waals surface area contributed by atoms with Gasteiger partial charge in [0.15, 0.2) is 0 Å². The van der Waals surface area contributed by atoms with Gasteiger partial charge in [0, 0.05) is 13.6 Å². The summed E-state index contributed by atoms with van der Waals surface area (Å²) in [6, 6.07) is 0. The fourth-order valence-corrected chi connectivity index (χ4v) is 2.13. The van der Waals surface area contributed by atoms with Gasteiger partial charge < -0.3 is 5.32 Å². The molecule has 1 aliphatic rings. The predicted molar refractivity (Wildman–Crippen MR) is 79.6 cm³/mol. The Balaban J connectivity index is 2.96. The van der Waals surface area contributed by atoms with E-state index in [0.717, 1.165) is 29.9 Å². The molecule has 0 unspecified atom stereocenters. The Morgan fingerprint density at radius 1 is 1.56 bits per heavy atom. The second-order valence-corrected chi connectivity index (χ2v) is 5.17. The molecular formula is C15H25N3. The molecule has 1 heterocycles. The van der Waals surface area contributed by atoms with E-state index in [1.807, 2.05) is 19.0 Å². The molecule has 0 amide bonds. The second-order valence-electron chi connectivity index (χ2n) is 5.17. The van der Waals surface area contributed by atoms with Gasteiger partial charge in [0.05, 0.1) is 16.9 Å². The minimum Gasteiger partial charge on any atom is -0.302 e. The molecule has 0 bridgehead atoms. The molecule has 0 aromatic carbocycles. The van der Waals surface area contributed by atoms with E-state index >= 15 is 0 Å². The highest BCUT2D eigenvalue weighted by Gasteiger charge is 2.33. The van der Waals surface area contributed by atoms with Gasteiger partial charge in [0.25, 0.3) is 0 Å². The molecule has 0 radical (unpaired) electrons. The van der Waals surface area contributed by atoms with Gasteiger partial charge >= 0.3 is 0 Å². The van der Waals surface area contributed by atoms with Gasteiger partial charge in [0.1, 0.15) is 0 Å². The van der Waals surface area contributed by atoms with E-state index in [0.29, 0.717) is 0 Å². The van der Waals surface area contributed by atoms with Crippen LogP contribution < -0.4 is 5.32 Å². The minimum absolute atomic E-state index is 0.117. The van der Waals surface area contributed by atoms with Crippen LogP contribution in [0.3, 0.4) is 0 Å². The maximum atomic E-state index is 4.67. The van der Waals surface area contributed by atoms with Gasteiger partial charge in [-0.15, -0.1) is 0 Å². The Kier molecular flexibility index (Phi) is 4.52. The normalized spacial score (nSPS) is 21.5. The summed E-state index contributed by atoms with van der Waals surface area (Å²) in [7, 11) is 1.94. The first-order chi connectivity index (χ1) is 8.33. The summed E-state index contributed by atoms with van der Waals surface area (Å²) in [4.78, 5) is 0. The molecule has 1 rings (SSSR count). The number of likely N-dealkylation sites (N-methyl/N-ethyl adjacent to an activating group) is 1. The smallest absolute Gasteiger partial charge is 0.0843 e. The molecule has 0 aromatic rings. The Bertz CT molecular complexity index is 413. The molecule has 1 saturated heterocycles. The van der Waals surface area contributed by atoms with Crippen molar-refractivity contribution < 1.29 is 0 Å². The van der Waals surface area contributed by atoms with Gasteiger partial charge in [0.2, 0.25) is 0 Å². The van der Waals surface area contributed by atoms with Crippen molar-refractivity contribution in [3.05, 3.63) is 36.1 Å². The molecule has 0 saturated carbocycles. The molecule has 18 heavy (non-hydrogen) atoms. The number of hydrazone groups is 1. The molecule has 100 valence electrons. The summed E-state index contributed by atoms with van der Waals surface area (Å²) >= 11 is 0. The Labute approximate surface area is 111 Å². The van der Waals surface area contributed by atoms with Gasteiger partial charge in [-0.25, -0.2) is 0 Å². The maximum Gasteiger partial charge on any atom is 0.0843 e. The van der Waals surface area contributed by atoms with Crippen molar-refractivity contribution in [2.75, 3.05) is 13.6 Å². The van der Waals surface area contributed by atoms with E-state index in [1.165, 1.54) is 5.57 Å². The lowest BCUT2D eigenvalue weighted by Crippen LogP contribution is -2.39. The quantitative estimate of drug-likeness (QED) is 0.610. The summed E-state index contributed by atoms with van der Waals surface area (Å²) < 4.78 is 0. The average molecular weight is 247 g/mol. The van der Waals surface area contributed by atoms with Crippen molar-refractivity contribution in [1.82, 2.24) is 10.3 Å². The number of hydrogen-bond acceptors (Lipinski definition) is 3. The molecule has 1 N–H and O–H groups in total. The summed E-state index contributed by atoms with van der Waals surface area (Å²) in [5.74, 6) is 0. The van der Waals surface area contributed by atoms with Crippen molar-refractivity contribution in [1.29, 1.82) is 0 Å². The van der Waals surface area contributed by atoms with Crippen LogP contribution in [0.2, 0.25) is 0 Å². The van der Waals surface area contributed by atoms with Crippen molar-refractivity contribution >= 4 is 5.71 Å². The van der Waals surface area contributed by atoms with E-state index in [4.69, 9.17) is 0 Å². The van der Waals surface area contributed by atoms with Crippen molar-refractivity contribution in [2.24, 2.45) is 5.10 Å². The number of hydrogen-bond donors (Lipinski definition) is 1. The van der Waals surface area contributed by atoms with Gasteiger partial charge in [-0.3, -0.25) is 5.01 Å². The summed E-state index contributed by atoms with van der Waals surface area (Å²) in [5, 5.41) is 9.93. The van der Waals surface area contributed by atoms with Crippen LogP contribution in [-0.4, -0.2) is 29.9 Å². The highest BCUT2D eigenvalue weighted by molar-refractivity contribution is 6.08. The number of allylic oxidation sites excluding steroid dienone is 2. The van der Waals surface area contributed by atoms with Crippen LogP contribution in [0.5, 0.6) is 0 Å². The van der Waals surface area contributed by atoms with Crippen LogP contribution in [0.4, 0.5) is 0 Å². The van der Waals surface area contributed by atoms with Crippen LogP contribution >= 0.6 is 0 Å². The molecule has 0 spiro atoms. The molecule has 1 fully saturated rings. The monoisotopic (exact) mass is 247 g/mol. The van der Waals surface area contributed by atoms with E-state index < -0.39 is 0 Å². The lowest BCUT2D eigenvalue weighted by atomic mass is 9.99. The van der Waals surface area contributed by atoms with Crippen LogP contribution in [-0.2, 0) is 0 Å². The van der Waals surface area contributed by atoms with E-state index in [9.17, 15) is 0 Å². The lowest BCUT2D eigenvalue weighted by molar-refractivity contribution is 0.444. The van der Waals surface area contributed by atoms with E-state index in [1.54, 1.807) is 0 Å². The highest BCUT2D eigenvalue weighted by atomic mass is 15.4. The molecular weight excluding hydrogens is 222 g/mol. The molecule has 1 aliphatic heterocycles. The summed E-state index contributed by atoms with van der Waals surface area (Å²) in [6.45, 7) is 17.4. The Morgan fingerprint density at radius 3 is 2.56 bits per heavy atom. The first-order valence-corrected chi connectivity index (χ1v) is 6.44. The molecule has 0 atom stereocenters. The van der Waals surface area contributed by atoms with Crippen molar-refractivity contribution in [2.45, 2.75) is 39.7 Å². The van der Waals surface area contributed by atoms with Gasteiger partial charge in [-0.05, 0) is 38.3 Å². The molecule has 0 aliphatic carbocycles. The molecule has 3 heteroatoms. The Hall–Kier alpha value is -1.35. The van der Waals surface area contributed by atoms with Crippen LogP contribution in [0.25, 0.3) is 0 Å². The van der Waals surface area contributed by atoms with Crippen molar-refractivity contribution in [3.63, 3.8) is 0 Å². The third-order valence-electron chi connectivity index (χ3n) is 3.41. The van der Waals surface area contributed by atoms with E-state index in [-0.39, 0.29) is 5.54 Å². The maximum absolute atomic E-state index is 4.67. The average Bonchev–Trinajstić information content (AvgIpc) is 2.57. The fourth-order valence-electron chi connectivity index (χ4n) is 2.13. The van der Waals surface area contributed by atoms with Crippen molar-refractivity contribution in [3.8, 4) is 0 Å². The first kappa shape index (κ1) is 14.7. The second kappa shape index (κ2) is 5.53.